The fraction of sp³-hybridized carbons (Fsp3) is 0.318. The Kier molecular flexibility index (Phi) is 12.5. The van der Waals surface area contributed by atoms with Crippen molar-refractivity contribution in [2.24, 2.45) is 10.7 Å². The second-order valence-corrected chi connectivity index (χ2v) is 7.08. The Morgan fingerprint density at radius 1 is 1.09 bits per heavy atom. The van der Waals surface area contributed by atoms with Gasteiger partial charge in [0.1, 0.15) is 5.75 Å². The van der Waals surface area contributed by atoms with Crippen molar-refractivity contribution in [3.05, 3.63) is 64.2 Å². The van der Waals surface area contributed by atoms with Gasteiger partial charge in [-0.1, -0.05) is 29.8 Å². The Labute approximate surface area is 210 Å². The number of halogens is 2. The Hall–Kier alpha value is -2.53. The predicted octanol–water partition coefficient (Wildman–Crippen LogP) is 2.48. The van der Waals surface area contributed by atoms with Crippen LogP contribution in [0.25, 0.3) is 0 Å². The number of aliphatic imine (C=N–C) groups is 1. The summed E-state index contributed by atoms with van der Waals surface area (Å²) < 4.78 is 5.17. The fourth-order valence-electron chi connectivity index (χ4n) is 2.72. The van der Waals surface area contributed by atoms with Gasteiger partial charge in [-0.25, -0.2) is 4.99 Å². The van der Waals surface area contributed by atoms with E-state index >= 15 is 0 Å². The topological polar surface area (TPSA) is 118 Å². The van der Waals surface area contributed by atoms with Gasteiger partial charge in [-0.3, -0.25) is 9.59 Å². The maximum atomic E-state index is 11.9. The van der Waals surface area contributed by atoms with Gasteiger partial charge in [-0.2, -0.15) is 0 Å². The SMILES string of the molecule is CCNC(=NCc1ccc(C(=O)NCC(N)=O)cc1)NCCc1ccc(OC)cc1Cl.I. The van der Waals surface area contributed by atoms with E-state index < -0.39 is 5.91 Å². The highest BCUT2D eigenvalue weighted by Gasteiger charge is 2.07. The molecule has 0 saturated carbocycles. The summed E-state index contributed by atoms with van der Waals surface area (Å²) in [4.78, 5) is 27.3. The third-order valence-corrected chi connectivity index (χ3v) is 4.70. The van der Waals surface area contributed by atoms with Crippen LogP contribution in [0.15, 0.2) is 47.5 Å². The van der Waals surface area contributed by atoms with Crippen molar-refractivity contribution in [1.29, 1.82) is 0 Å². The van der Waals surface area contributed by atoms with Crippen LogP contribution in [0, 0.1) is 0 Å². The molecule has 0 unspecified atom stereocenters. The third kappa shape index (κ3) is 9.31. The second-order valence-electron chi connectivity index (χ2n) is 6.68. The monoisotopic (exact) mass is 573 g/mol. The summed E-state index contributed by atoms with van der Waals surface area (Å²) in [5, 5.41) is 9.62. The number of methoxy groups -OCH3 is 1. The third-order valence-electron chi connectivity index (χ3n) is 4.35. The van der Waals surface area contributed by atoms with Gasteiger partial charge in [-0.15, -0.1) is 24.0 Å². The Balaban J connectivity index is 0.00000512. The lowest BCUT2D eigenvalue weighted by Crippen LogP contribution is -2.38. The minimum atomic E-state index is -0.586. The number of ether oxygens (including phenoxy) is 1. The first kappa shape index (κ1) is 27.5. The summed E-state index contributed by atoms with van der Waals surface area (Å²) in [6, 6.07) is 12.7. The van der Waals surface area contributed by atoms with Crippen molar-refractivity contribution < 1.29 is 14.3 Å². The molecule has 0 saturated heterocycles. The van der Waals surface area contributed by atoms with Crippen molar-refractivity contribution in [1.82, 2.24) is 16.0 Å². The molecule has 2 rings (SSSR count). The molecule has 5 N–H and O–H groups in total. The molecule has 0 bridgehead atoms. The summed E-state index contributed by atoms with van der Waals surface area (Å²) in [6.07, 6.45) is 0.738. The van der Waals surface area contributed by atoms with Crippen molar-refractivity contribution in [3.63, 3.8) is 0 Å². The molecule has 10 heteroatoms. The molecule has 0 fully saturated rings. The van der Waals surface area contributed by atoms with Gasteiger partial charge >= 0.3 is 0 Å². The molecule has 0 aromatic heterocycles. The van der Waals surface area contributed by atoms with Gasteiger partial charge in [0.15, 0.2) is 5.96 Å². The standard InChI is InChI=1S/C22H28ClN5O3.HI/c1-3-25-22(26-11-10-16-8-9-18(31-2)12-19(16)23)28-13-15-4-6-17(7-5-15)21(30)27-14-20(24)29;/h4-9,12H,3,10-11,13-14H2,1-2H3,(H2,24,29)(H,27,30)(H2,25,26,28);1H. The molecule has 2 amide bonds. The number of hydrogen-bond donors (Lipinski definition) is 4. The average Bonchev–Trinajstić information content (AvgIpc) is 2.77. The molecule has 0 radical (unpaired) electrons. The van der Waals surface area contributed by atoms with Crippen LogP contribution in [0.4, 0.5) is 0 Å². The molecule has 32 heavy (non-hydrogen) atoms. The summed E-state index contributed by atoms with van der Waals surface area (Å²) in [7, 11) is 1.61. The lowest BCUT2D eigenvalue weighted by Gasteiger charge is -2.12. The first-order valence-electron chi connectivity index (χ1n) is 9.93. The normalized spacial score (nSPS) is 10.7. The van der Waals surface area contributed by atoms with E-state index in [2.05, 4.69) is 20.9 Å². The molecular weight excluding hydrogens is 545 g/mol. The van der Waals surface area contributed by atoms with E-state index in [1.807, 2.05) is 31.2 Å². The van der Waals surface area contributed by atoms with Gasteiger partial charge in [0.25, 0.3) is 5.91 Å². The molecule has 0 aliphatic rings. The van der Waals surface area contributed by atoms with Gasteiger partial charge in [0.2, 0.25) is 5.91 Å². The zero-order valence-electron chi connectivity index (χ0n) is 18.1. The van der Waals surface area contributed by atoms with Gasteiger partial charge < -0.3 is 26.4 Å². The number of primary amides is 1. The summed E-state index contributed by atoms with van der Waals surface area (Å²) in [6.45, 7) is 3.65. The molecule has 8 nitrogen and oxygen atoms in total. The van der Waals surface area contributed by atoms with E-state index in [0.717, 1.165) is 29.8 Å². The highest BCUT2D eigenvalue weighted by Crippen LogP contribution is 2.22. The van der Waals surface area contributed by atoms with Crippen molar-refractivity contribution in [2.75, 3.05) is 26.7 Å². The zero-order valence-corrected chi connectivity index (χ0v) is 21.2. The second kappa shape index (κ2) is 14.5. The van der Waals surface area contributed by atoms with Crippen LogP contribution in [0.2, 0.25) is 5.02 Å². The molecular formula is C22H29ClIN5O3. The van der Waals surface area contributed by atoms with Crippen LogP contribution in [0.1, 0.15) is 28.4 Å². The molecule has 2 aromatic rings. The number of guanidine groups is 1. The molecule has 0 atom stereocenters. The van der Waals surface area contributed by atoms with E-state index in [9.17, 15) is 9.59 Å². The minimum absolute atomic E-state index is 0. The maximum absolute atomic E-state index is 11.9. The lowest BCUT2D eigenvalue weighted by molar-refractivity contribution is -0.117. The van der Waals surface area contributed by atoms with Crippen molar-refractivity contribution >= 4 is 53.4 Å². The van der Waals surface area contributed by atoms with Crippen LogP contribution in [-0.2, 0) is 17.8 Å². The highest BCUT2D eigenvalue weighted by molar-refractivity contribution is 14.0. The number of nitrogens with two attached hydrogens (primary N) is 1. The van der Waals surface area contributed by atoms with Crippen LogP contribution < -0.4 is 26.4 Å². The summed E-state index contributed by atoms with van der Waals surface area (Å²) in [5.41, 5.74) is 7.45. The Morgan fingerprint density at radius 3 is 2.41 bits per heavy atom. The van der Waals surface area contributed by atoms with E-state index in [1.54, 1.807) is 25.3 Å². The number of amides is 2. The molecule has 0 aliphatic heterocycles. The molecule has 2 aromatic carbocycles. The van der Waals surface area contributed by atoms with Gasteiger partial charge in [0, 0.05) is 23.7 Å². The quantitative estimate of drug-likeness (QED) is 0.198. The molecule has 0 heterocycles. The smallest absolute Gasteiger partial charge is 0.251 e. The largest absolute Gasteiger partial charge is 0.497 e. The highest BCUT2D eigenvalue weighted by atomic mass is 127. The summed E-state index contributed by atoms with van der Waals surface area (Å²) in [5.74, 6) is 0.487. The number of nitrogens with zero attached hydrogens (tertiary/aromatic N) is 1. The van der Waals surface area contributed by atoms with Gasteiger partial charge in [0.05, 0.1) is 20.2 Å². The van der Waals surface area contributed by atoms with E-state index in [-0.39, 0.29) is 36.4 Å². The van der Waals surface area contributed by atoms with E-state index in [1.165, 1.54) is 0 Å². The van der Waals surface area contributed by atoms with Crippen LogP contribution in [0.5, 0.6) is 5.75 Å². The van der Waals surface area contributed by atoms with Crippen molar-refractivity contribution in [2.45, 2.75) is 19.9 Å². The number of hydrogen-bond acceptors (Lipinski definition) is 4. The van der Waals surface area contributed by atoms with Crippen LogP contribution >= 0.6 is 35.6 Å². The van der Waals surface area contributed by atoms with E-state index in [4.69, 9.17) is 22.1 Å². The molecule has 0 aliphatic carbocycles. The number of benzene rings is 2. The van der Waals surface area contributed by atoms with E-state index in [0.29, 0.717) is 29.6 Å². The lowest BCUT2D eigenvalue weighted by atomic mass is 10.1. The van der Waals surface area contributed by atoms with Crippen LogP contribution in [-0.4, -0.2) is 44.5 Å². The molecule has 0 spiro atoms. The van der Waals surface area contributed by atoms with Crippen LogP contribution in [0.3, 0.4) is 0 Å². The Morgan fingerprint density at radius 2 is 1.81 bits per heavy atom. The van der Waals surface area contributed by atoms with Crippen molar-refractivity contribution in [3.8, 4) is 5.75 Å². The fourth-order valence-corrected chi connectivity index (χ4v) is 2.98. The first-order chi connectivity index (χ1) is 14.9. The number of carbonyl (C=O) groups excluding carboxylic acids is 2. The Bertz CT molecular complexity index is 922. The van der Waals surface area contributed by atoms with Gasteiger partial charge in [-0.05, 0) is 48.7 Å². The number of nitrogens with one attached hydrogen (secondary N) is 3. The maximum Gasteiger partial charge on any atom is 0.251 e. The predicted molar refractivity (Wildman–Crippen MR) is 138 cm³/mol. The zero-order chi connectivity index (χ0) is 22.6. The average molecular weight is 574 g/mol. The number of carbonyl (C=O) groups is 2. The first-order valence-corrected chi connectivity index (χ1v) is 10.3. The molecule has 174 valence electrons. The summed E-state index contributed by atoms with van der Waals surface area (Å²) >= 11 is 6.29. The number of rotatable bonds is 10. The minimum Gasteiger partial charge on any atom is -0.497 e.